The number of anilines is 2. The third-order valence-corrected chi connectivity index (χ3v) is 2.55. The van der Waals surface area contributed by atoms with Crippen LogP contribution in [0.5, 0.6) is 0 Å². The Morgan fingerprint density at radius 1 is 1.62 bits per heavy atom. The minimum Gasteiger partial charge on any atom is -0.395 e. The van der Waals surface area contributed by atoms with E-state index in [9.17, 15) is 4.39 Å². The number of aromatic nitrogens is 2. The second-order valence-electron chi connectivity index (χ2n) is 3.76. The van der Waals surface area contributed by atoms with Crippen molar-refractivity contribution in [3.05, 3.63) is 12.0 Å². The van der Waals surface area contributed by atoms with E-state index in [1.54, 1.807) is 11.9 Å². The number of hydrogen-bond acceptors (Lipinski definition) is 5. The maximum atomic E-state index is 13.6. The molecule has 0 bridgehead atoms. The third kappa shape index (κ3) is 2.21. The Labute approximate surface area is 93.3 Å². The summed E-state index contributed by atoms with van der Waals surface area (Å²) in [5.41, 5.74) is 0. The average Bonchev–Trinajstić information content (AvgIpc) is 3.11. The van der Waals surface area contributed by atoms with Crippen LogP contribution in [-0.4, -0.2) is 41.3 Å². The SMILES string of the molecule is CNc1ncc(F)c(N(CCO)C2CC2)n1. The lowest BCUT2D eigenvalue weighted by atomic mass is 10.4. The molecule has 5 nitrogen and oxygen atoms in total. The van der Waals surface area contributed by atoms with Crippen molar-refractivity contribution in [1.29, 1.82) is 0 Å². The molecule has 0 atom stereocenters. The molecule has 1 aromatic rings. The zero-order chi connectivity index (χ0) is 11.5. The normalized spacial score (nSPS) is 14.9. The molecule has 1 heterocycles. The lowest BCUT2D eigenvalue weighted by Gasteiger charge is -2.22. The van der Waals surface area contributed by atoms with E-state index in [4.69, 9.17) is 5.11 Å². The van der Waals surface area contributed by atoms with Crippen molar-refractivity contribution < 1.29 is 9.50 Å². The quantitative estimate of drug-likeness (QED) is 0.770. The zero-order valence-corrected chi connectivity index (χ0v) is 9.15. The van der Waals surface area contributed by atoms with Gasteiger partial charge in [-0.25, -0.2) is 9.37 Å². The summed E-state index contributed by atoms with van der Waals surface area (Å²) in [6, 6.07) is 0.307. The fourth-order valence-corrected chi connectivity index (χ4v) is 1.64. The van der Waals surface area contributed by atoms with Crippen LogP contribution < -0.4 is 10.2 Å². The summed E-state index contributed by atoms with van der Waals surface area (Å²) < 4.78 is 13.6. The molecule has 2 rings (SSSR count). The summed E-state index contributed by atoms with van der Waals surface area (Å²) in [5, 5.41) is 11.7. The van der Waals surface area contributed by atoms with Crippen LogP contribution >= 0.6 is 0 Å². The molecule has 0 spiro atoms. The van der Waals surface area contributed by atoms with Gasteiger partial charge in [-0.05, 0) is 12.8 Å². The molecule has 1 fully saturated rings. The highest BCUT2D eigenvalue weighted by atomic mass is 19.1. The highest BCUT2D eigenvalue weighted by Gasteiger charge is 2.31. The van der Waals surface area contributed by atoms with E-state index >= 15 is 0 Å². The molecule has 0 aromatic carbocycles. The number of halogens is 1. The Morgan fingerprint density at radius 3 is 2.94 bits per heavy atom. The molecule has 1 saturated carbocycles. The molecule has 1 aliphatic carbocycles. The fourth-order valence-electron chi connectivity index (χ4n) is 1.64. The van der Waals surface area contributed by atoms with Crippen molar-refractivity contribution in [3.63, 3.8) is 0 Å². The average molecular weight is 226 g/mol. The van der Waals surface area contributed by atoms with Gasteiger partial charge < -0.3 is 15.3 Å². The predicted molar refractivity (Wildman–Crippen MR) is 59.0 cm³/mol. The van der Waals surface area contributed by atoms with E-state index in [0.717, 1.165) is 19.0 Å². The molecule has 1 aromatic heterocycles. The van der Waals surface area contributed by atoms with Crippen molar-refractivity contribution in [2.45, 2.75) is 18.9 Å². The fraction of sp³-hybridized carbons (Fsp3) is 0.600. The number of nitrogens with one attached hydrogen (secondary N) is 1. The first-order chi connectivity index (χ1) is 7.76. The summed E-state index contributed by atoms with van der Waals surface area (Å²) in [4.78, 5) is 9.69. The van der Waals surface area contributed by atoms with Gasteiger partial charge in [0.2, 0.25) is 5.95 Å². The van der Waals surface area contributed by atoms with Crippen molar-refractivity contribution >= 4 is 11.8 Å². The van der Waals surface area contributed by atoms with Crippen LogP contribution in [-0.2, 0) is 0 Å². The van der Waals surface area contributed by atoms with Crippen LogP contribution in [0.3, 0.4) is 0 Å². The molecular weight excluding hydrogens is 211 g/mol. The smallest absolute Gasteiger partial charge is 0.224 e. The van der Waals surface area contributed by atoms with Gasteiger partial charge in [-0.3, -0.25) is 0 Å². The van der Waals surface area contributed by atoms with Gasteiger partial charge in [0.25, 0.3) is 0 Å². The van der Waals surface area contributed by atoms with E-state index in [2.05, 4.69) is 15.3 Å². The molecule has 0 radical (unpaired) electrons. The Kier molecular flexibility index (Phi) is 3.19. The first-order valence-electron chi connectivity index (χ1n) is 5.34. The number of aliphatic hydroxyl groups excluding tert-OH is 1. The molecule has 1 aliphatic rings. The Bertz CT molecular complexity index is 370. The maximum absolute atomic E-state index is 13.6. The first-order valence-corrected chi connectivity index (χ1v) is 5.34. The van der Waals surface area contributed by atoms with Crippen LogP contribution in [0.2, 0.25) is 0 Å². The van der Waals surface area contributed by atoms with Gasteiger partial charge in [0.1, 0.15) is 0 Å². The lowest BCUT2D eigenvalue weighted by Crippen LogP contribution is -2.31. The number of hydrogen-bond donors (Lipinski definition) is 2. The minimum atomic E-state index is -0.445. The standard InChI is InChI=1S/C10H15FN4O/c1-12-10-13-6-8(11)9(14-10)15(4-5-16)7-2-3-7/h6-7,16H,2-5H2,1H3,(H,12,13,14). The van der Waals surface area contributed by atoms with Crippen LogP contribution in [0, 0.1) is 5.82 Å². The Morgan fingerprint density at radius 2 is 2.38 bits per heavy atom. The molecule has 2 N–H and O–H groups in total. The van der Waals surface area contributed by atoms with Gasteiger partial charge in [-0.1, -0.05) is 0 Å². The van der Waals surface area contributed by atoms with Gasteiger partial charge in [0, 0.05) is 19.6 Å². The first kappa shape index (κ1) is 11.1. The Balaban J connectivity index is 2.27. The number of aliphatic hydroxyl groups is 1. The second kappa shape index (κ2) is 4.61. The molecule has 88 valence electrons. The van der Waals surface area contributed by atoms with Gasteiger partial charge in [-0.15, -0.1) is 0 Å². The van der Waals surface area contributed by atoms with Gasteiger partial charge in [0.05, 0.1) is 12.8 Å². The summed E-state index contributed by atoms with van der Waals surface area (Å²) >= 11 is 0. The van der Waals surface area contributed by atoms with E-state index in [1.165, 1.54) is 0 Å². The van der Waals surface area contributed by atoms with E-state index in [0.29, 0.717) is 18.5 Å². The van der Waals surface area contributed by atoms with Crippen LogP contribution in [0.4, 0.5) is 16.2 Å². The minimum absolute atomic E-state index is 0.00513. The van der Waals surface area contributed by atoms with Crippen LogP contribution in [0.1, 0.15) is 12.8 Å². The van der Waals surface area contributed by atoms with Gasteiger partial charge >= 0.3 is 0 Å². The third-order valence-electron chi connectivity index (χ3n) is 2.55. The van der Waals surface area contributed by atoms with Gasteiger partial charge in [0.15, 0.2) is 11.6 Å². The van der Waals surface area contributed by atoms with Crippen molar-refractivity contribution in [3.8, 4) is 0 Å². The van der Waals surface area contributed by atoms with Crippen LogP contribution in [0.15, 0.2) is 6.20 Å². The molecule has 0 aliphatic heterocycles. The van der Waals surface area contributed by atoms with E-state index < -0.39 is 5.82 Å². The van der Waals surface area contributed by atoms with Crippen LogP contribution in [0.25, 0.3) is 0 Å². The topological polar surface area (TPSA) is 61.3 Å². The lowest BCUT2D eigenvalue weighted by molar-refractivity contribution is 0.300. The maximum Gasteiger partial charge on any atom is 0.224 e. The monoisotopic (exact) mass is 226 g/mol. The van der Waals surface area contributed by atoms with Crippen molar-refractivity contribution in [2.75, 3.05) is 30.4 Å². The number of nitrogens with zero attached hydrogens (tertiary/aromatic N) is 3. The summed E-state index contributed by atoms with van der Waals surface area (Å²) in [6.45, 7) is 0.399. The second-order valence-corrected chi connectivity index (χ2v) is 3.76. The molecular formula is C10H15FN4O. The molecule has 6 heteroatoms. The van der Waals surface area contributed by atoms with Gasteiger partial charge in [-0.2, -0.15) is 4.98 Å². The Hall–Kier alpha value is -1.43. The van der Waals surface area contributed by atoms with E-state index in [1.807, 2.05) is 0 Å². The summed E-state index contributed by atoms with van der Waals surface area (Å²) in [7, 11) is 1.69. The number of rotatable bonds is 5. The molecule has 16 heavy (non-hydrogen) atoms. The largest absolute Gasteiger partial charge is 0.395 e. The molecule has 0 unspecified atom stereocenters. The summed E-state index contributed by atoms with van der Waals surface area (Å²) in [6.07, 6.45) is 3.21. The zero-order valence-electron chi connectivity index (χ0n) is 9.15. The van der Waals surface area contributed by atoms with Crippen molar-refractivity contribution in [1.82, 2.24) is 9.97 Å². The highest BCUT2D eigenvalue weighted by molar-refractivity contribution is 5.45. The highest BCUT2D eigenvalue weighted by Crippen LogP contribution is 2.31. The predicted octanol–water partition coefficient (Wildman–Crippen LogP) is 0.618. The van der Waals surface area contributed by atoms with E-state index in [-0.39, 0.29) is 12.4 Å². The summed E-state index contributed by atoms with van der Waals surface area (Å²) in [5.74, 6) is 0.218. The molecule has 0 saturated heterocycles. The van der Waals surface area contributed by atoms with Crippen molar-refractivity contribution in [2.24, 2.45) is 0 Å². The molecule has 0 amide bonds.